The largest absolute Gasteiger partial charge is 0.349 e. The molecule has 2 aromatic heterocycles. The van der Waals surface area contributed by atoms with Crippen LogP contribution in [0, 0.1) is 13.8 Å². The predicted molar refractivity (Wildman–Crippen MR) is 136 cm³/mol. The molecule has 0 fully saturated rings. The Labute approximate surface area is 195 Å². The summed E-state index contributed by atoms with van der Waals surface area (Å²) in [5.74, 6) is 0.567. The molecule has 1 aliphatic rings. The van der Waals surface area contributed by atoms with E-state index < -0.39 is 0 Å². The van der Waals surface area contributed by atoms with Crippen molar-refractivity contribution in [2.24, 2.45) is 0 Å². The molecule has 2 N–H and O–H groups in total. The molecular weight excluding hydrogens is 416 g/mol. The first-order valence-electron chi connectivity index (χ1n) is 11.0. The fourth-order valence-electron chi connectivity index (χ4n) is 3.88. The number of nitrogens with zero attached hydrogens (tertiary/aromatic N) is 4. The Morgan fingerprint density at radius 1 is 1.09 bits per heavy atom. The first-order valence-corrected chi connectivity index (χ1v) is 11.4. The molecule has 0 saturated carbocycles. The molecule has 6 nitrogen and oxygen atoms in total. The molecule has 3 aromatic rings. The second-order valence-corrected chi connectivity index (χ2v) is 9.20. The van der Waals surface area contributed by atoms with Gasteiger partial charge in [0.2, 0.25) is 5.95 Å². The van der Waals surface area contributed by atoms with Crippen molar-refractivity contribution in [1.29, 1.82) is 0 Å². The van der Waals surface area contributed by atoms with Crippen LogP contribution in [0.15, 0.2) is 36.7 Å². The Morgan fingerprint density at radius 3 is 2.75 bits per heavy atom. The Bertz CT molecular complexity index is 1140. The molecule has 0 unspecified atom stereocenters. The lowest BCUT2D eigenvalue weighted by atomic mass is 10.0. The van der Waals surface area contributed by atoms with E-state index in [4.69, 9.17) is 17.2 Å². The minimum atomic E-state index is 0.567. The van der Waals surface area contributed by atoms with Crippen molar-refractivity contribution in [3.63, 3.8) is 0 Å². The van der Waals surface area contributed by atoms with Gasteiger partial charge in [-0.05, 0) is 77.0 Å². The molecule has 1 aromatic carbocycles. The van der Waals surface area contributed by atoms with Crippen LogP contribution in [-0.4, -0.2) is 45.5 Å². The van der Waals surface area contributed by atoms with Crippen LogP contribution in [-0.2, 0) is 12.8 Å². The van der Waals surface area contributed by atoms with E-state index in [2.05, 4.69) is 70.8 Å². The molecule has 4 rings (SSSR count). The molecule has 0 atom stereocenters. The lowest BCUT2D eigenvalue weighted by Crippen LogP contribution is -2.12. The average molecular weight is 447 g/mol. The van der Waals surface area contributed by atoms with Gasteiger partial charge in [-0.15, -0.1) is 0 Å². The summed E-state index contributed by atoms with van der Waals surface area (Å²) in [5.41, 5.74) is 8.26. The van der Waals surface area contributed by atoms with Crippen molar-refractivity contribution >= 4 is 34.5 Å². The molecule has 0 radical (unpaired) electrons. The quantitative estimate of drug-likeness (QED) is 0.388. The molecule has 0 bridgehead atoms. The van der Waals surface area contributed by atoms with Crippen molar-refractivity contribution in [3.8, 4) is 11.3 Å². The third-order valence-electron chi connectivity index (χ3n) is 5.63. The maximum Gasteiger partial charge on any atom is 0.227 e. The van der Waals surface area contributed by atoms with Gasteiger partial charge in [0.25, 0.3) is 0 Å². The lowest BCUT2D eigenvalue weighted by molar-refractivity contribution is 0.394. The van der Waals surface area contributed by atoms with E-state index in [0.717, 1.165) is 58.3 Å². The number of hydrogen-bond donors (Lipinski definition) is 2. The minimum absolute atomic E-state index is 0.567. The summed E-state index contributed by atoms with van der Waals surface area (Å²) in [4.78, 5) is 17.1. The van der Waals surface area contributed by atoms with Crippen LogP contribution in [0.5, 0.6) is 0 Å². The number of unbranched alkanes of at least 4 members (excludes halogenated alkanes) is 1. The second kappa shape index (κ2) is 9.71. The molecule has 7 heteroatoms. The zero-order chi connectivity index (χ0) is 22.7. The Balaban J connectivity index is 1.58. The normalized spacial score (nSPS) is 12.7. The summed E-state index contributed by atoms with van der Waals surface area (Å²) in [6, 6.07) is 8.48. The fourth-order valence-corrected chi connectivity index (χ4v) is 4.15. The average Bonchev–Trinajstić information content (AvgIpc) is 2.87. The summed E-state index contributed by atoms with van der Waals surface area (Å²) in [5, 5.41) is 6.76. The monoisotopic (exact) mass is 446 g/mol. The third-order valence-corrected chi connectivity index (χ3v) is 5.88. The van der Waals surface area contributed by atoms with Gasteiger partial charge in [-0.1, -0.05) is 24.4 Å². The highest BCUT2D eigenvalue weighted by Crippen LogP contribution is 2.34. The van der Waals surface area contributed by atoms with Crippen molar-refractivity contribution in [2.45, 2.75) is 39.5 Å². The number of fused-ring (bicyclic) bond motifs is 3. The number of hydrogen-bond acceptors (Lipinski definition) is 6. The maximum absolute atomic E-state index is 5.52. The maximum atomic E-state index is 5.52. The number of benzene rings is 1. The van der Waals surface area contributed by atoms with Gasteiger partial charge in [0.1, 0.15) is 0 Å². The number of thiocarbonyl (C=S) groups is 1. The van der Waals surface area contributed by atoms with E-state index in [9.17, 15) is 0 Å². The molecule has 1 aliphatic heterocycles. The standard InChI is InChI=1S/C25H30N6S/c1-16-8-9-20-22(11-16)28-23(32)13-19-15-27-25(30-24(19)20)29-21-12-18(14-26-17(21)2)7-5-6-10-31(3)4/h8-9,11-12,14-15H,5-7,10,13H2,1-4H3,(H,28,32)(H,27,29,30). The van der Waals surface area contributed by atoms with Gasteiger partial charge >= 0.3 is 0 Å². The van der Waals surface area contributed by atoms with Crippen molar-refractivity contribution in [1.82, 2.24) is 19.9 Å². The summed E-state index contributed by atoms with van der Waals surface area (Å²) >= 11 is 5.52. The summed E-state index contributed by atoms with van der Waals surface area (Å²) in [6.45, 7) is 5.18. The van der Waals surface area contributed by atoms with Crippen LogP contribution < -0.4 is 10.6 Å². The van der Waals surface area contributed by atoms with Crippen molar-refractivity contribution in [2.75, 3.05) is 31.3 Å². The smallest absolute Gasteiger partial charge is 0.227 e. The van der Waals surface area contributed by atoms with Gasteiger partial charge in [-0.3, -0.25) is 4.98 Å². The second-order valence-electron chi connectivity index (χ2n) is 8.70. The highest BCUT2D eigenvalue weighted by atomic mass is 32.1. The van der Waals surface area contributed by atoms with Gasteiger partial charge in [-0.2, -0.15) is 0 Å². The molecule has 32 heavy (non-hydrogen) atoms. The Hall–Kier alpha value is -2.90. The van der Waals surface area contributed by atoms with Gasteiger partial charge < -0.3 is 15.5 Å². The summed E-state index contributed by atoms with van der Waals surface area (Å²) in [7, 11) is 4.22. The van der Waals surface area contributed by atoms with Crippen LogP contribution in [0.2, 0.25) is 0 Å². The van der Waals surface area contributed by atoms with Crippen molar-refractivity contribution in [3.05, 3.63) is 59.0 Å². The van der Waals surface area contributed by atoms with Gasteiger partial charge in [-0.25, -0.2) is 9.97 Å². The molecule has 166 valence electrons. The zero-order valence-electron chi connectivity index (χ0n) is 19.2. The van der Waals surface area contributed by atoms with Gasteiger partial charge in [0.05, 0.1) is 22.1 Å². The van der Waals surface area contributed by atoms with Crippen LogP contribution in [0.3, 0.4) is 0 Å². The predicted octanol–water partition coefficient (Wildman–Crippen LogP) is 5.08. The van der Waals surface area contributed by atoms with E-state index in [0.29, 0.717) is 12.4 Å². The van der Waals surface area contributed by atoms with Crippen LogP contribution in [0.1, 0.15) is 35.2 Å². The number of pyridine rings is 1. The van der Waals surface area contributed by atoms with E-state index in [1.54, 1.807) is 0 Å². The van der Waals surface area contributed by atoms with Crippen LogP contribution in [0.4, 0.5) is 17.3 Å². The number of anilines is 3. The highest BCUT2D eigenvalue weighted by molar-refractivity contribution is 7.80. The Kier molecular flexibility index (Phi) is 6.77. The molecule has 3 heterocycles. The SMILES string of the molecule is Cc1ccc2c(c1)NC(=S)Cc1cnc(Nc3cc(CCCCN(C)C)cnc3C)nc1-2. The molecule has 0 spiro atoms. The first-order chi connectivity index (χ1) is 15.4. The van der Waals surface area contributed by atoms with Crippen molar-refractivity contribution < 1.29 is 0 Å². The zero-order valence-corrected chi connectivity index (χ0v) is 20.0. The number of aryl methyl sites for hydroxylation is 3. The van der Waals surface area contributed by atoms with E-state index in [-0.39, 0.29) is 0 Å². The molecule has 0 saturated heterocycles. The van der Waals surface area contributed by atoms with E-state index >= 15 is 0 Å². The van der Waals surface area contributed by atoms with Gasteiger partial charge in [0, 0.05) is 35.6 Å². The van der Waals surface area contributed by atoms with Crippen LogP contribution >= 0.6 is 12.2 Å². The van der Waals surface area contributed by atoms with Crippen LogP contribution in [0.25, 0.3) is 11.3 Å². The fraction of sp³-hybridized carbons (Fsp3) is 0.360. The summed E-state index contributed by atoms with van der Waals surface area (Å²) < 4.78 is 0. The number of nitrogens with one attached hydrogen (secondary N) is 2. The van der Waals surface area contributed by atoms with E-state index in [1.807, 2.05) is 19.3 Å². The number of aromatic nitrogens is 3. The van der Waals surface area contributed by atoms with Gasteiger partial charge in [0.15, 0.2) is 0 Å². The first kappa shape index (κ1) is 22.3. The highest BCUT2D eigenvalue weighted by Gasteiger charge is 2.19. The van der Waals surface area contributed by atoms with E-state index in [1.165, 1.54) is 17.5 Å². The number of rotatable bonds is 7. The topological polar surface area (TPSA) is 66.0 Å². The summed E-state index contributed by atoms with van der Waals surface area (Å²) in [6.07, 6.45) is 7.80. The molecule has 0 aliphatic carbocycles. The Morgan fingerprint density at radius 2 is 1.94 bits per heavy atom. The molecular formula is C25H30N6S. The third kappa shape index (κ3) is 5.29. The minimum Gasteiger partial charge on any atom is -0.349 e. The lowest BCUT2D eigenvalue weighted by Gasteiger charge is -2.13. The molecule has 0 amide bonds.